The molecule has 0 fully saturated rings. The van der Waals surface area contributed by atoms with Crippen LogP contribution in [0.15, 0.2) is 0 Å². The maximum Gasteiger partial charge on any atom is 0.327 e. The first-order valence-corrected chi connectivity index (χ1v) is 5.80. The van der Waals surface area contributed by atoms with Gasteiger partial charge in [-0.15, -0.1) is 0 Å². The van der Waals surface area contributed by atoms with E-state index in [-0.39, 0.29) is 5.75 Å². The van der Waals surface area contributed by atoms with Crippen molar-refractivity contribution in [3.63, 3.8) is 0 Å². The summed E-state index contributed by atoms with van der Waals surface area (Å²) < 4.78 is 0. The molecule has 6 nitrogen and oxygen atoms in total. The molecule has 0 radical (unpaired) electrons. The van der Waals surface area contributed by atoms with Crippen LogP contribution in [0.2, 0.25) is 0 Å². The third kappa shape index (κ3) is 6.28. The van der Waals surface area contributed by atoms with Gasteiger partial charge in [-0.2, -0.15) is 11.8 Å². The topological polar surface area (TPSA) is 104 Å². The van der Waals surface area contributed by atoms with E-state index in [1.54, 1.807) is 6.92 Å². The van der Waals surface area contributed by atoms with E-state index in [1.165, 1.54) is 18.7 Å². The summed E-state index contributed by atoms with van der Waals surface area (Å²) in [5.74, 6) is -2.51. The molecular formula is C9H15NO5S. The molecule has 3 N–H and O–H groups in total. The third-order valence-corrected chi connectivity index (χ3v) is 3.05. The van der Waals surface area contributed by atoms with Crippen LogP contribution in [0.5, 0.6) is 0 Å². The zero-order valence-electron chi connectivity index (χ0n) is 9.10. The molecule has 0 saturated carbocycles. The van der Waals surface area contributed by atoms with Gasteiger partial charge in [0, 0.05) is 18.4 Å². The lowest BCUT2D eigenvalue weighted by Crippen LogP contribution is -2.41. The van der Waals surface area contributed by atoms with Crippen LogP contribution in [-0.2, 0) is 14.4 Å². The molecule has 0 saturated heterocycles. The highest BCUT2D eigenvalue weighted by atomic mass is 32.2. The SMILES string of the molecule is CC(=O)N[C@H](CSCC(C)C(=O)O)C(=O)O. The molecule has 16 heavy (non-hydrogen) atoms. The summed E-state index contributed by atoms with van der Waals surface area (Å²) in [6.45, 7) is 2.78. The highest BCUT2D eigenvalue weighted by Gasteiger charge is 2.19. The van der Waals surface area contributed by atoms with E-state index in [1.807, 2.05) is 0 Å². The number of carbonyl (C=O) groups excluding carboxylic acids is 1. The summed E-state index contributed by atoms with van der Waals surface area (Å²) in [7, 11) is 0. The van der Waals surface area contributed by atoms with Crippen molar-refractivity contribution in [2.24, 2.45) is 5.92 Å². The number of carbonyl (C=O) groups is 3. The molecule has 0 spiro atoms. The molecule has 0 aliphatic rings. The van der Waals surface area contributed by atoms with Gasteiger partial charge in [0.15, 0.2) is 0 Å². The number of carboxylic acids is 2. The van der Waals surface area contributed by atoms with E-state index in [2.05, 4.69) is 5.32 Å². The highest BCUT2D eigenvalue weighted by molar-refractivity contribution is 7.99. The van der Waals surface area contributed by atoms with Gasteiger partial charge in [-0.05, 0) is 0 Å². The maximum absolute atomic E-state index is 10.7. The monoisotopic (exact) mass is 249 g/mol. The molecule has 0 bridgehead atoms. The summed E-state index contributed by atoms with van der Waals surface area (Å²) >= 11 is 1.19. The lowest BCUT2D eigenvalue weighted by Gasteiger charge is -2.13. The fourth-order valence-corrected chi connectivity index (χ4v) is 1.95. The van der Waals surface area contributed by atoms with Gasteiger partial charge >= 0.3 is 11.9 Å². The van der Waals surface area contributed by atoms with Crippen LogP contribution in [0.25, 0.3) is 0 Å². The molecule has 92 valence electrons. The van der Waals surface area contributed by atoms with E-state index < -0.39 is 29.8 Å². The van der Waals surface area contributed by atoms with E-state index in [9.17, 15) is 14.4 Å². The zero-order chi connectivity index (χ0) is 12.7. The molecule has 2 atom stereocenters. The average Bonchev–Trinajstić information content (AvgIpc) is 2.14. The number of amides is 1. The fourth-order valence-electron chi connectivity index (χ4n) is 0.854. The van der Waals surface area contributed by atoms with Gasteiger partial charge in [-0.1, -0.05) is 6.92 Å². The van der Waals surface area contributed by atoms with Crippen LogP contribution in [0.1, 0.15) is 13.8 Å². The smallest absolute Gasteiger partial charge is 0.327 e. The molecule has 0 aliphatic heterocycles. The number of carboxylic acid groups (broad SMARTS) is 2. The van der Waals surface area contributed by atoms with Crippen molar-refractivity contribution < 1.29 is 24.6 Å². The quantitative estimate of drug-likeness (QED) is 0.588. The average molecular weight is 249 g/mol. The number of hydrogen-bond acceptors (Lipinski definition) is 4. The van der Waals surface area contributed by atoms with E-state index in [0.29, 0.717) is 5.75 Å². The van der Waals surface area contributed by atoms with Crippen LogP contribution in [-0.4, -0.2) is 45.6 Å². The molecule has 0 aromatic heterocycles. The summed E-state index contributed by atoms with van der Waals surface area (Å²) in [5.41, 5.74) is 0. The van der Waals surface area contributed by atoms with Crippen LogP contribution >= 0.6 is 11.8 Å². The van der Waals surface area contributed by atoms with Gasteiger partial charge in [0.1, 0.15) is 6.04 Å². The molecule has 1 unspecified atom stereocenters. The molecule has 0 aromatic rings. The van der Waals surface area contributed by atoms with Crippen molar-refractivity contribution in [2.75, 3.05) is 11.5 Å². The minimum atomic E-state index is -1.12. The predicted molar refractivity (Wildman–Crippen MR) is 59.4 cm³/mol. The first-order valence-electron chi connectivity index (χ1n) is 4.65. The standard InChI is InChI=1S/C9H15NO5S/c1-5(8(12)13)3-16-4-7(9(14)15)10-6(2)11/h5,7H,3-4H2,1-2H3,(H,10,11)(H,12,13)(H,14,15)/t5?,7-/m1/s1. The van der Waals surface area contributed by atoms with Crippen molar-refractivity contribution in [1.82, 2.24) is 5.32 Å². The number of thioether (sulfide) groups is 1. The largest absolute Gasteiger partial charge is 0.481 e. The van der Waals surface area contributed by atoms with Crippen molar-refractivity contribution in [3.05, 3.63) is 0 Å². The first kappa shape index (κ1) is 14.8. The van der Waals surface area contributed by atoms with Crippen LogP contribution < -0.4 is 5.32 Å². The Balaban J connectivity index is 3.99. The number of rotatable bonds is 7. The van der Waals surface area contributed by atoms with Gasteiger partial charge in [0.25, 0.3) is 0 Å². The van der Waals surface area contributed by atoms with Gasteiger partial charge in [0.2, 0.25) is 5.91 Å². The molecule has 0 aliphatic carbocycles. The second-order valence-corrected chi connectivity index (χ2v) is 4.44. The second-order valence-electron chi connectivity index (χ2n) is 3.37. The summed E-state index contributed by atoms with van der Waals surface area (Å²) in [6.07, 6.45) is 0. The van der Waals surface area contributed by atoms with E-state index in [0.717, 1.165) is 0 Å². The Bertz CT molecular complexity index is 281. The van der Waals surface area contributed by atoms with Crippen LogP contribution in [0, 0.1) is 5.92 Å². The molecule has 1 amide bonds. The Kier molecular flexibility index (Phi) is 6.55. The Morgan fingerprint density at radius 1 is 1.19 bits per heavy atom. The molecule has 0 rings (SSSR count). The Hall–Kier alpha value is -1.24. The van der Waals surface area contributed by atoms with Crippen molar-refractivity contribution >= 4 is 29.6 Å². The van der Waals surface area contributed by atoms with Crippen molar-refractivity contribution in [2.45, 2.75) is 19.9 Å². The van der Waals surface area contributed by atoms with Crippen LogP contribution in [0.4, 0.5) is 0 Å². The Morgan fingerprint density at radius 3 is 2.12 bits per heavy atom. The summed E-state index contributed by atoms with van der Waals surface area (Å²) in [6, 6.07) is -0.969. The lowest BCUT2D eigenvalue weighted by atomic mass is 10.2. The molecule has 7 heteroatoms. The third-order valence-electron chi connectivity index (χ3n) is 1.75. The number of aliphatic carboxylic acids is 2. The minimum Gasteiger partial charge on any atom is -0.481 e. The summed E-state index contributed by atoms with van der Waals surface area (Å²) in [4.78, 5) is 31.9. The second kappa shape index (κ2) is 7.10. The predicted octanol–water partition coefficient (Wildman–Crippen LogP) is 0.0296. The van der Waals surface area contributed by atoms with E-state index >= 15 is 0 Å². The Labute approximate surface area is 97.4 Å². The van der Waals surface area contributed by atoms with Gasteiger partial charge in [-0.3, -0.25) is 9.59 Å². The van der Waals surface area contributed by atoms with Crippen molar-refractivity contribution in [1.29, 1.82) is 0 Å². The summed E-state index contributed by atoms with van der Waals surface area (Å²) in [5, 5.41) is 19.6. The first-order chi connectivity index (χ1) is 7.34. The molecule has 0 heterocycles. The zero-order valence-corrected chi connectivity index (χ0v) is 9.91. The normalized spacial score (nSPS) is 13.9. The number of nitrogens with one attached hydrogen (secondary N) is 1. The molecule has 0 aromatic carbocycles. The van der Waals surface area contributed by atoms with Crippen molar-refractivity contribution in [3.8, 4) is 0 Å². The lowest BCUT2D eigenvalue weighted by molar-refractivity contribution is -0.141. The highest BCUT2D eigenvalue weighted by Crippen LogP contribution is 2.10. The van der Waals surface area contributed by atoms with Gasteiger partial charge in [0.05, 0.1) is 5.92 Å². The minimum absolute atomic E-state index is 0.159. The van der Waals surface area contributed by atoms with E-state index in [4.69, 9.17) is 10.2 Å². The Morgan fingerprint density at radius 2 is 1.75 bits per heavy atom. The maximum atomic E-state index is 10.7. The number of hydrogen-bond donors (Lipinski definition) is 3. The van der Waals surface area contributed by atoms with Gasteiger partial charge < -0.3 is 15.5 Å². The molecular weight excluding hydrogens is 234 g/mol. The fraction of sp³-hybridized carbons (Fsp3) is 0.667. The van der Waals surface area contributed by atoms with Gasteiger partial charge in [-0.25, -0.2) is 4.79 Å². The van der Waals surface area contributed by atoms with Crippen LogP contribution in [0.3, 0.4) is 0 Å².